The number of hydrogen-bond acceptors (Lipinski definition) is 5. The number of rotatable bonds is 5. The first-order chi connectivity index (χ1) is 11.8. The summed E-state index contributed by atoms with van der Waals surface area (Å²) in [6, 6.07) is 12.2. The molecular formula is C18H19FN4O. The molecule has 2 aromatic rings. The lowest BCUT2D eigenvalue weighted by atomic mass is 10.0. The summed E-state index contributed by atoms with van der Waals surface area (Å²) in [5, 5.41) is 12.4. The largest absolute Gasteiger partial charge is 0.379 e. The van der Waals surface area contributed by atoms with Crippen molar-refractivity contribution in [3.8, 4) is 6.07 Å². The van der Waals surface area contributed by atoms with Crippen LogP contribution in [0.1, 0.15) is 17.2 Å². The third kappa shape index (κ3) is 3.88. The van der Waals surface area contributed by atoms with E-state index in [0.717, 1.165) is 18.7 Å². The summed E-state index contributed by atoms with van der Waals surface area (Å²) in [6.45, 7) is 3.58. The topological polar surface area (TPSA) is 61.2 Å². The number of anilines is 1. The lowest BCUT2D eigenvalue weighted by Gasteiger charge is -2.35. The fraction of sp³-hybridized carbons (Fsp3) is 0.333. The summed E-state index contributed by atoms with van der Waals surface area (Å²) in [4.78, 5) is 6.54. The second-order valence-corrected chi connectivity index (χ2v) is 5.61. The average molecular weight is 326 g/mol. The van der Waals surface area contributed by atoms with Gasteiger partial charge in [-0.15, -0.1) is 0 Å². The Morgan fingerprint density at radius 3 is 2.71 bits per heavy atom. The van der Waals surface area contributed by atoms with Gasteiger partial charge in [0.25, 0.3) is 0 Å². The number of nitriles is 1. The minimum Gasteiger partial charge on any atom is -0.379 e. The highest BCUT2D eigenvalue weighted by atomic mass is 19.1. The normalized spacial score (nSPS) is 16.3. The predicted molar refractivity (Wildman–Crippen MR) is 89.0 cm³/mol. The van der Waals surface area contributed by atoms with Crippen LogP contribution in [0.3, 0.4) is 0 Å². The third-order valence-corrected chi connectivity index (χ3v) is 4.13. The molecule has 0 spiro atoms. The van der Waals surface area contributed by atoms with E-state index in [1.54, 1.807) is 30.5 Å². The lowest BCUT2D eigenvalue weighted by molar-refractivity contribution is 0.0187. The number of ether oxygens (including phenoxy) is 1. The Bertz CT molecular complexity index is 708. The van der Waals surface area contributed by atoms with Crippen LogP contribution in [-0.4, -0.2) is 42.7 Å². The fourth-order valence-electron chi connectivity index (χ4n) is 2.86. The molecule has 0 bridgehead atoms. The van der Waals surface area contributed by atoms with Crippen LogP contribution in [0.15, 0.2) is 42.6 Å². The Balaban J connectivity index is 1.79. The molecule has 3 rings (SSSR count). The fourth-order valence-corrected chi connectivity index (χ4v) is 2.86. The Kier molecular flexibility index (Phi) is 5.36. The van der Waals surface area contributed by atoms with Crippen LogP contribution in [-0.2, 0) is 4.74 Å². The van der Waals surface area contributed by atoms with Gasteiger partial charge in [-0.2, -0.15) is 5.26 Å². The minimum absolute atomic E-state index is 0.0584. The predicted octanol–water partition coefficient (Wildman–Crippen LogP) is 2.58. The monoisotopic (exact) mass is 326 g/mol. The summed E-state index contributed by atoms with van der Waals surface area (Å²) in [5.41, 5.74) is 1.54. The zero-order valence-electron chi connectivity index (χ0n) is 13.3. The second-order valence-electron chi connectivity index (χ2n) is 5.61. The highest BCUT2D eigenvalue weighted by Crippen LogP contribution is 2.23. The molecule has 1 atom stereocenters. The van der Waals surface area contributed by atoms with Crippen molar-refractivity contribution in [1.29, 1.82) is 5.26 Å². The molecule has 1 saturated heterocycles. The molecule has 1 aromatic carbocycles. The van der Waals surface area contributed by atoms with Gasteiger partial charge in [-0.1, -0.05) is 12.1 Å². The summed E-state index contributed by atoms with van der Waals surface area (Å²) < 4.78 is 18.7. The van der Waals surface area contributed by atoms with Gasteiger partial charge in [0, 0.05) is 25.8 Å². The number of hydrogen-bond donors (Lipinski definition) is 1. The van der Waals surface area contributed by atoms with E-state index in [9.17, 15) is 9.65 Å². The number of pyridine rings is 1. The average Bonchev–Trinajstić information content (AvgIpc) is 2.64. The minimum atomic E-state index is -0.246. The summed E-state index contributed by atoms with van der Waals surface area (Å²) in [5.74, 6) is 0.323. The van der Waals surface area contributed by atoms with Crippen molar-refractivity contribution in [2.24, 2.45) is 0 Å². The molecule has 0 aliphatic carbocycles. The van der Waals surface area contributed by atoms with Gasteiger partial charge in [0.15, 0.2) is 0 Å². The number of nitrogens with zero attached hydrogens (tertiary/aromatic N) is 3. The van der Waals surface area contributed by atoms with Crippen LogP contribution in [0.5, 0.6) is 0 Å². The molecular weight excluding hydrogens is 307 g/mol. The van der Waals surface area contributed by atoms with Crippen LogP contribution >= 0.6 is 0 Å². The van der Waals surface area contributed by atoms with E-state index in [2.05, 4.69) is 21.3 Å². The maximum Gasteiger partial charge on any atom is 0.143 e. The first-order valence-corrected chi connectivity index (χ1v) is 7.94. The number of benzene rings is 1. The maximum absolute atomic E-state index is 13.2. The smallest absolute Gasteiger partial charge is 0.143 e. The van der Waals surface area contributed by atoms with Crippen molar-refractivity contribution in [3.05, 3.63) is 59.5 Å². The molecule has 5 nitrogen and oxygen atoms in total. The summed E-state index contributed by atoms with van der Waals surface area (Å²) in [7, 11) is 0. The van der Waals surface area contributed by atoms with Crippen LogP contribution in [0.25, 0.3) is 0 Å². The van der Waals surface area contributed by atoms with E-state index in [-0.39, 0.29) is 11.9 Å². The molecule has 124 valence electrons. The van der Waals surface area contributed by atoms with Crippen LogP contribution < -0.4 is 5.32 Å². The van der Waals surface area contributed by atoms with Gasteiger partial charge in [-0.25, -0.2) is 9.37 Å². The highest BCUT2D eigenvalue weighted by Gasteiger charge is 2.23. The van der Waals surface area contributed by atoms with Crippen molar-refractivity contribution in [1.82, 2.24) is 9.88 Å². The summed E-state index contributed by atoms with van der Waals surface area (Å²) >= 11 is 0. The maximum atomic E-state index is 13.2. The molecule has 24 heavy (non-hydrogen) atoms. The Morgan fingerprint density at radius 2 is 2.00 bits per heavy atom. The molecule has 6 heteroatoms. The Hall–Kier alpha value is -2.49. The van der Waals surface area contributed by atoms with Gasteiger partial charge < -0.3 is 10.1 Å². The van der Waals surface area contributed by atoms with E-state index >= 15 is 0 Å². The van der Waals surface area contributed by atoms with Crippen LogP contribution in [0.2, 0.25) is 0 Å². The quantitative estimate of drug-likeness (QED) is 0.915. The van der Waals surface area contributed by atoms with E-state index in [0.29, 0.717) is 31.1 Å². The number of halogens is 1. The van der Waals surface area contributed by atoms with Crippen molar-refractivity contribution in [3.63, 3.8) is 0 Å². The molecule has 1 unspecified atom stereocenters. The zero-order chi connectivity index (χ0) is 16.8. The van der Waals surface area contributed by atoms with Crippen molar-refractivity contribution < 1.29 is 9.13 Å². The van der Waals surface area contributed by atoms with Crippen molar-refractivity contribution >= 4 is 5.82 Å². The lowest BCUT2D eigenvalue weighted by Crippen LogP contribution is -2.41. The number of nitrogens with one attached hydrogen (secondary N) is 1. The zero-order valence-corrected chi connectivity index (χ0v) is 13.3. The Morgan fingerprint density at radius 1 is 1.25 bits per heavy atom. The SMILES string of the molecule is N#Cc1cccnc1NCC(c1ccc(F)cc1)N1CCOCC1. The van der Waals surface area contributed by atoms with Gasteiger partial charge in [0.2, 0.25) is 0 Å². The van der Waals surface area contributed by atoms with Gasteiger partial charge in [0.1, 0.15) is 17.7 Å². The van der Waals surface area contributed by atoms with Crippen molar-refractivity contribution in [2.45, 2.75) is 6.04 Å². The van der Waals surface area contributed by atoms with Gasteiger partial charge >= 0.3 is 0 Å². The number of morpholine rings is 1. The first kappa shape index (κ1) is 16.4. The molecule has 2 heterocycles. The van der Waals surface area contributed by atoms with Crippen LogP contribution in [0.4, 0.5) is 10.2 Å². The van der Waals surface area contributed by atoms with E-state index < -0.39 is 0 Å². The molecule has 1 aromatic heterocycles. The number of aromatic nitrogens is 1. The van der Waals surface area contributed by atoms with Crippen LogP contribution in [0, 0.1) is 17.1 Å². The van der Waals surface area contributed by atoms with E-state index in [4.69, 9.17) is 4.74 Å². The third-order valence-electron chi connectivity index (χ3n) is 4.13. The molecule has 1 N–H and O–H groups in total. The second kappa shape index (κ2) is 7.86. The standard InChI is InChI=1S/C18H19FN4O/c19-16-5-3-14(4-6-16)17(23-8-10-24-11-9-23)13-22-18-15(12-20)2-1-7-21-18/h1-7,17H,8-11,13H2,(H,21,22). The van der Waals surface area contributed by atoms with E-state index in [1.165, 1.54) is 12.1 Å². The van der Waals surface area contributed by atoms with Crippen molar-refractivity contribution in [2.75, 3.05) is 38.2 Å². The molecule has 0 radical (unpaired) electrons. The first-order valence-electron chi connectivity index (χ1n) is 7.94. The molecule has 1 aliphatic heterocycles. The highest BCUT2D eigenvalue weighted by molar-refractivity contribution is 5.51. The molecule has 1 aliphatic rings. The molecule has 1 fully saturated rings. The molecule has 0 amide bonds. The van der Waals surface area contributed by atoms with Gasteiger partial charge in [-0.3, -0.25) is 4.90 Å². The van der Waals surface area contributed by atoms with Gasteiger partial charge in [0.05, 0.1) is 24.8 Å². The summed E-state index contributed by atoms with van der Waals surface area (Å²) in [6.07, 6.45) is 1.66. The van der Waals surface area contributed by atoms with E-state index in [1.807, 2.05) is 0 Å². The Labute approximate surface area is 140 Å². The van der Waals surface area contributed by atoms with Gasteiger partial charge in [-0.05, 0) is 29.8 Å². The molecule has 0 saturated carbocycles.